The van der Waals surface area contributed by atoms with E-state index in [1.165, 1.54) is 5.56 Å². The number of likely N-dealkylation sites (N-methyl/N-ethyl adjacent to an activating group) is 1. The van der Waals surface area contributed by atoms with Crippen LogP contribution >= 0.6 is 0 Å². The van der Waals surface area contributed by atoms with Gasteiger partial charge >= 0.3 is 11.8 Å². The number of H-pyrrole nitrogens is 1. The molecule has 0 aliphatic carbocycles. The average molecular weight is 356 g/mol. The third-order valence-electron chi connectivity index (χ3n) is 5.05. The predicted octanol–water partition coefficient (Wildman–Crippen LogP) is 2.66. The van der Waals surface area contributed by atoms with Crippen molar-refractivity contribution in [2.45, 2.75) is 46.0 Å². The Morgan fingerprint density at radius 3 is 2.62 bits per heavy atom. The number of aromatic amines is 1. The van der Waals surface area contributed by atoms with Gasteiger partial charge in [-0.1, -0.05) is 18.9 Å². The highest BCUT2D eigenvalue weighted by Gasteiger charge is 2.26. The molecule has 2 amide bonds. The first-order valence-electron chi connectivity index (χ1n) is 9.62. The fourth-order valence-corrected chi connectivity index (χ4v) is 3.48. The van der Waals surface area contributed by atoms with Gasteiger partial charge < -0.3 is 14.8 Å². The van der Waals surface area contributed by atoms with E-state index in [0.717, 1.165) is 42.5 Å². The Balaban J connectivity index is 1.62. The van der Waals surface area contributed by atoms with Gasteiger partial charge in [-0.05, 0) is 44.4 Å². The second-order valence-corrected chi connectivity index (χ2v) is 7.05. The second-order valence-electron chi connectivity index (χ2n) is 7.05. The molecule has 1 aromatic heterocycles. The molecular weight excluding hydrogens is 328 g/mol. The van der Waals surface area contributed by atoms with Crippen molar-refractivity contribution in [3.63, 3.8) is 0 Å². The molecule has 6 heteroatoms. The summed E-state index contributed by atoms with van der Waals surface area (Å²) in [4.78, 5) is 36.4. The average Bonchev–Trinajstić information content (AvgIpc) is 2.85. The lowest BCUT2D eigenvalue weighted by atomic mass is 10.2. The van der Waals surface area contributed by atoms with Gasteiger partial charge in [0.25, 0.3) is 0 Å². The van der Waals surface area contributed by atoms with Gasteiger partial charge in [-0.3, -0.25) is 9.59 Å². The third-order valence-corrected chi connectivity index (χ3v) is 5.05. The summed E-state index contributed by atoms with van der Waals surface area (Å²) in [5.74, 6) is 0.106. The van der Waals surface area contributed by atoms with Crippen LogP contribution in [-0.4, -0.2) is 57.8 Å². The van der Waals surface area contributed by atoms with Crippen LogP contribution in [0.25, 0.3) is 11.0 Å². The molecule has 140 valence electrons. The first-order chi connectivity index (χ1) is 12.6. The lowest BCUT2D eigenvalue weighted by Gasteiger charge is -2.25. The van der Waals surface area contributed by atoms with Crippen LogP contribution in [0.1, 0.15) is 44.0 Å². The first kappa shape index (κ1) is 18.4. The molecule has 0 atom stereocenters. The van der Waals surface area contributed by atoms with Crippen molar-refractivity contribution in [1.82, 2.24) is 19.8 Å². The molecule has 1 aromatic carbocycles. The van der Waals surface area contributed by atoms with Crippen molar-refractivity contribution in [1.29, 1.82) is 0 Å². The molecule has 0 unspecified atom stereocenters. The molecule has 1 fully saturated rings. The van der Waals surface area contributed by atoms with Gasteiger partial charge in [0, 0.05) is 32.6 Å². The van der Waals surface area contributed by atoms with E-state index in [1.807, 2.05) is 26.0 Å². The summed E-state index contributed by atoms with van der Waals surface area (Å²) in [5.41, 5.74) is 3.12. The number of benzene rings is 1. The molecule has 26 heavy (non-hydrogen) atoms. The zero-order valence-corrected chi connectivity index (χ0v) is 15.8. The SMILES string of the molecule is CCN(CCc1nc2ccc(C)cc2[nH]1)C(=O)C(=O)N1CCCCCC1. The largest absolute Gasteiger partial charge is 0.342 e. The fourth-order valence-electron chi connectivity index (χ4n) is 3.48. The van der Waals surface area contributed by atoms with Crippen molar-refractivity contribution in [2.24, 2.45) is 0 Å². The second kappa shape index (κ2) is 8.34. The van der Waals surface area contributed by atoms with Crippen molar-refractivity contribution in [3.8, 4) is 0 Å². The highest BCUT2D eigenvalue weighted by Crippen LogP contribution is 2.14. The molecule has 2 aromatic rings. The number of fused-ring (bicyclic) bond motifs is 1. The third kappa shape index (κ3) is 4.23. The normalized spacial score (nSPS) is 15.1. The number of likely N-dealkylation sites (tertiary alicyclic amines) is 1. The minimum Gasteiger partial charge on any atom is -0.342 e. The van der Waals surface area contributed by atoms with Crippen LogP contribution in [0.15, 0.2) is 18.2 Å². The number of rotatable bonds is 4. The highest BCUT2D eigenvalue weighted by molar-refractivity contribution is 6.34. The Kier molecular flexibility index (Phi) is 5.91. The summed E-state index contributed by atoms with van der Waals surface area (Å²) >= 11 is 0. The Hall–Kier alpha value is -2.37. The first-order valence-corrected chi connectivity index (χ1v) is 9.62. The molecule has 1 aliphatic heterocycles. The van der Waals surface area contributed by atoms with Crippen molar-refractivity contribution in [3.05, 3.63) is 29.6 Å². The number of carbonyl (C=O) groups is 2. The lowest BCUT2D eigenvalue weighted by Crippen LogP contribution is -2.46. The van der Waals surface area contributed by atoms with Crippen LogP contribution < -0.4 is 0 Å². The van der Waals surface area contributed by atoms with Gasteiger partial charge in [0.1, 0.15) is 5.82 Å². The molecule has 1 aliphatic rings. The Labute approximate surface area is 154 Å². The summed E-state index contributed by atoms with van der Waals surface area (Å²) in [6, 6.07) is 6.10. The molecule has 0 saturated carbocycles. The molecule has 3 rings (SSSR count). The monoisotopic (exact) mass is 356 g/mol. The van der Waals surface area contributed by atoms with Gasteiger partial charge in [-0.25, -0.2) is 4.98 Å². The topological polar surface area (TPSA) is 69.3 Å². The van der Waals surface area contributed by atoms with E-state index in [9.17, 15) is 9.59 Å². The maximum atomic E-state index is 12.6. The molecule has 0 spiro atoms. The summed E-state index contributed by atoms with van der Waals surface area (Å²) in [6.45, 7) is 6.38. The standard InChI is InChI=1S/C20H28N4O2/c1-3-23(19(25)20(26)24-11-6-4-5-7-12-24)13-10-18-21-16-9-8-15(2)14-17(16)22-18/h8-9,14H,3-7,10-13H2,1-2H3,(H,21,22). The van der Waals surface area contributed by atoms with E-state index in [4.69, 9.17) is 0 Å². The van der Waals surface area contributed by atoms with E-state index in [-0.39, 0.29) is 11.8 Å². The van der Waals surface area contributed by atoms with Crippen LogP contribution in [0.2, 0.25) is 0 Å². The quantitative estimate of drug-likeness (QED) is 0.856. The van der Waals surface area contributed by atoms with E-state index in [0.29, 0.717) is 32.6 Å². The van der Waals surface area contributed by atoms with Gasteiger partial charge in [0.05, 0.1) is 11.0 Å². The molecule has 0 radical (unpaired) electrons. The van der Waals surface area contributed by atoms with Gasteiger partial charge in [-0.15, -0.1) is 0 Å². The fraction of sp³-hybridized carbons (Fsp3) is 0.550. The zero-order chi connectivity index (χ0) is 18.5. The molecular formula is C20H28N4O2. The predicted molar refractivity (Wildman–Crippen MR) is 102 cm³/mol. The summed E-state index contributed by atoms with van der Waals surface area (Å²) in [6.07, 6.45) is 4.87. The highest BCUT2D eigenvalue weighted by atomic mass is 16.2. The minimum atomic E-state index is -0.388. The van der Waals surface area contributed by atoms with Crippen molar-refractivity contribution in [2.75, 3.05) is 26.2 Å². The Morgan fingerprint density at radius 2 is 1.92 bits per heavy atom. The lowest BCUT2D eigenvalue weighted by molar-refractivity contribution is -0.151. The van der Waals surface area contributed by atoms with Crippen LogP contribution in [0, 0.1) is 6.92 Å². The molecule has 0 bridgehead atoms. The smallest absolute Gasteiger partial charge is 0.312 e. The number of nitrogens with zero attached hydrogens (tertiary/aromatic N) is 3. The van der Waals surface area contributed by atoms with Crippen LogP contribution in [0.5, 0.6) is 0 Å². The van der Waals surface area contributed by atoms with Crippen molar-refractivity contribution >= 4 is 22.8 Å². The van der Waals surface area contributed by atoms with Gasteiger partial charge in [-0.2, -0.15) is 0 Å². The van der Waals surface area contributed by atoms with Crippen LogP contribution in [0.3, 0.4) is 0 Å². The number of carbonyl (C=O) groups excluding carboxylic acids is 2. The van der Waals surface area contributed by atoms with E-state index in [2.05, 4.69) is 16.0 Å². The number of aryl methyl sites for hydroxylation is 1. The van der Waals surface area contributed by atoms with E-state index < -0.39 is 0 Å². The number of imidazole rings is 1. The summed E-state index contributed by atoms with van der Waals surface area (Å²) in [7, 11) is 0. The number of aromatic nitrogens is 2. The van der Waals surface area contributed by atoms with Crippen molar-refractivity contribution < 1.29 is 9.59 Å². The minimum absolute atomic E-state index is 0.353. The van der Waals surface area contributed by atoms with Gasteiger partial charge in [0.2, 0.25) is 0 Å². The molecule has 1 N–H and O–H groups in total. The maximum absolute atomic E-state index is 12.6. The Bertz CT molecular complexity index is 775. The Morgan fingerprint density at radius 1 is 1.19 bits per heavy atom. The van der Waals surface area contributed by atoms with E-state index >= 15 is 0 Å². The summed E-state index contributed by atoms with van der Waals surface area (Å²) < 4.78 is 0. The molecule has 2 heterocycles. The van der Waals surface area contributed by atoms with Gasteiger partial charge in [0.15, 0.2) is 0 Å². The summed E-state index contributed by atoms with van der Waals surface area (Å²) in [5, 5.41) is 0. The number of hydrogen-bond donors (Lipinski definition) is 1. The maximum Gasteiger partial charge on any atom is 0.312 e. The number of amides is 2. The van der Waals surface area contributed by atoms with Crippen LogP contribution in [0.4, 0.5) is 0 Å². The zero-order valence-electron chi connectivity index (χ0n) is 15.8. The number of nitrogens with one attached hydrogen (secondary N) is 1. The van der Waals surface area contributed by atoms with E-state index in [1.54, 1.807) is 9.80 Å². The molecule has 6 nitrogen and oxygen atoms in total. The van der Waals surface area contributed by atoms with Crippen LogP contribution in [-0.2, 0) is 16.0 Å². The molecule has 1 saturated heterocycles. The number of hydrogen-bond acceptors (Lipinski definition) is 3.